The fourth-order valence-corrected chi connectivity index (χ4v) is 2.27. The number of aromatic nitrogens is 2. The lowest BCUT2D eigenvalue weighted by molar-refractivity contribution is 0.0697. The van der Waals surface area contributed by atoms with Crippen LogP contribution in [-0.2, 0) is 13.0 Å². The molecule has 2 heterocycles. The molecule has 0 bridgehead atoms. The highest BCUT2D eigenvalue weighted by Crippen LogP contribution is 2.14. The number of aromatic carboxylic acids is 1. The third-order valence-electron chi connectivity index (χ3n) is 2.29. The van der Waals surface area contributed by atoms with Gasteiger partial charge in [0.15, 0.2) is 0 Å². The van der Waals surface area contributed by atoms with Crippen LogP contribution in [0.2, 0.25) is 0 Å². The van der Waals surface area contributed by atoms with Crippen LogP contribution in [0.1, 0.15) is 21.1 Å². The van der Waals surface area contributed by atoms with Crippen LogP contribution in [0.3, 0.4) is 0 Å². The van der Waals surface area contributed by atoms with Gasteiger partial charge in [-0.1, -0.05) is 0 Å². The van der Waals surface area contributed by atoms with Crippen LogP contribution < -0.4 is 5.32 Å². The Morgan fingerprint density at radius 1 is 1.59 bits per heavy atom. The van der Waals surface area contributed by atoms with Crippen molar-refractivity contribution in [2.75, 3.05) is 6.54 Å². The van der Waals surface area contributed by atoms with E-state index in [4.69, 9.17) is 5.11 Å². The summed E-state index contributed by atoms with van der Waals surface area (Å²) in [6.07, 6.45) is 4.37. The largest absolute Gasteiger partial charge is 0.478 e. The number of carboxylic acids is 1. The van der Waals surface area contributed by atoms with E-state index in [1.54, 1.807) is 23.8 Å². The Hall–Kier alpha value is -1.66. The number of hydrogen-bond acceptors (Lipinski definition) is 4. The maximum atomic E-state index is 10.7. The second kappa shape index (κ2) is 5.60. The zero-order valence-electron chi connectivity index (χ0n) is 9.14. The number of carboxylic acid groups (broad SMARTS) is 1. The Morgan fingerprint density at radius 3 is 3.12 bits per heavy atom. The van der Waals surface area contributed by atoms with Gasteiger partial charge >= 0.3 is 5.97 Å². The molecule has 0 aliphatic carbocycles. The molecular formula is C11H13N3O2S. The summed E-state index contributed by atoms with van der Waals surface area (Å²) < 4.78 is 0. The first kappa shape index (κ1) is 11.8. The molecule has 0 fully saturated rings. The minimum absolute atomic E-state index is 0.359. The highest BCUT2D eigenvalue weighted by molar-refractivity contribution is 7.10. The third-order valence-corrected chi connectivity index (χ3v) is 3.23. The molecule has 0 aliphatic heterocycles. The molecule has 2 aromatic rings. The third kappa shape index (κ3) is 3.40. The van der Waals surface area contributed by atoms with Crippen molar-refractivity contribution in [2.45, 2.75) is 13.0 Å². The molecule has 3 N–H and O–H groups in total. The number of nitrogens with one attached hydrogen (secondary N) is 2. The van der Waals surface area contributed by atoms with Crippen molar-refractivity contribution in [3.05, 3.63) is 40.1 Å². The van der Waals surface area contributed by atoms with E-state index >= 15 is 0 Å². The van der Waals surface area contributed by atoms with Crippen LogP contribution in [0.25, 0.3) is 0 Å². The maximum Gasteiger partial charge on any atom is 0.336 e. The summed E-state index contributed by atoms with van der Waals surface area (Å²) in [5.74, 6) is 0.0815. The molecule has 0 amide bonds. The molecule has 0 saturated heterocycles. The molecule has 0 aliphatic rings. The fourth-order valence-electron chi connectivity index (χ4n) is 1.44. The molecule has 2 aromatic heterocycles. The summed E-state index contributed by atoms with van der Waals surface area (Å²) >= 11 is 1.46. The fraction of sp³-hybridized carbons (Fsp3) is 0.273. The van der Waals surface area contributed by atoms with Crippen LogP contribution in [0.5, 0.6) is 0 Å². The lowest BCUT2D eigenvalue weighted by Gasteiger charge is -2.00. The van der Waals surface area contributed by atoms with E-state index in [9.17, 15) is 4.79 Å². The molecule has 0 saturated carbocycles. The van der Waals surface area contributed by atoms with E-state index in [2.05, 4.69) is 15.3 Å². The number of rotatable bonds is 6. The first-order valence-corrected chi connectivity index (χ1v) is 6.13. The molecule has 90 valence electrons. The van der Waals surface area contributed by atoms with Gasteiger partial charge in [-0.2, -0.15) is 0 Å². The Morgan fingerprint density at radius 2 is 2.47 bits per heavy atom. The Kier molecular flexibility index (Phi) is 3.89. The van der Waals surface area contributed by atoms with Gasteiger partial charge in [-0.15, -0.1) is 11.3 Å². The summed E-state index contributed by atoms with van der Waals surface area (Å²) in [5, 5.41) is 13.7. The van der Waals surface area contributed by atoms with Crippen molar-refractivity contribution in [3.63, 3.8) is 0 Å². The van der Waals surface area contributed by atoms with E-state index < -0.39 is 5.97 Å². The van der Waals surface area contributed by atoms with Crippen LogP contribution in [0.15, 0.2) is 23.8 Å². The van der Waals surface area contributed by atoms with Crippen molar-refractivity contribution in [1.82, 2.24) is 15.3 Å². The van der Waals surface area contributed by atoms with Crippen molar-refractivity contribution in [1.29, 1.82) is 0 Å². The molecule has 0 unspecified atom stereocenters. The molecule has 5 nitrogen and oxygen atoms in total. The highest BCUT2D eigenvalue weighted by Gasteiger charge is 2.05. The molecular weight excluding hydrogens is 238 g/mol. The van der Waals surface area contributed by atoms with Gasteiger partial charge in [0.2, 0.25) is 0 Å². The number of carbonyl (C=O) groups is 1. The van der Waals surface area contributed by atoms with Gasteiger partial charge in [0.25, 0.3) is 0 Å². The first-order valence-electron chi connectivity index (χ1n) is 5.25. The molecule has 0 atom stereocenters. The van der Waals surface area contributed by atoms with Crippen LogP contribution in [0, 0.1) is 0 Å². The van der Waals surface area contributed by atoms with Crippen LogP contribution in [0.4, 0.5) is 0 Å². The van der Waals surface area contributed by atoms with Gasteiger partial charge in [-0.05, 0) is 6.07 Å². The number of H-pyrrole nitrogens is 1. The minimum Gasteiger partial charge on any atom is -0.478 e. The van der Waals surface area contributed by atoms with E-state index in [0.717, 1.165) is 23.7 Å². The van der Waals surface area contributed by atoms with Crippen molar-refractivity contribution in [3.8, 4) is 0 Å². The number of thiophene rings is 1. The molecule has 0 spiro atoms. The monoisotopic (exact) mass is 251 g/mol. The number of imidazole rings is 1. The van der Waals surface area contributed by atoms with E-state index in [1.807, 2.05) is 0 Å². The molecule has 17 heavy (non-hydrogen) atoms. The summed E-state index contributed by atoms with van der Waals surface area (Å²) in [6.45, 7) is 1.51. The summed E-state index contributed by atoms with van der Waals surface area (Å²) in [7, 11) is 0. The van der Waals surface area contributed by atoms with Crippen molar-refractivity contribution < 1.29 is 9.90 Å². The second-order valence-corrected chi connectivity index (χ2v) is 4.57. The predicted octanol–water partition coefficient (Wildman–Crippen LogP) is 1.50. The van der Waals surface area contributed by atoms with Crippen LogP contribution >= 0.6 is 11.3 Å². The smallest absolute Gasteiger partial charge is 0.336 e. The lowest BCUT2D eigenvalue weighted by Crippen LogP contribution is -2.16. The number of nitrogens with zero attached hydrogens (tertiary/aromatic N) is 1. The zero-order valence-corrected chi connectivity index (χ0v) is 9.96. The Balaban J connectivity index is 1.72. The van der Waals surface area contributed by atoms with Gasteiger partial charge in [0, 0.05) is 42.2 Å². The quantitative estimate of drug-likeness (QED) is 0.680. The first-order chi connectivity index (χ1) is 8.25. The van der Waals surface area contributed by atoms with Gasteiger partial charge in [-0.25, -0.2) is 9.78 Å². The molecule has 0 radical (unpaired) electrons. The molecule has 0 aromatic carbocycles. The second-order valence-electron chi connectivity index (χ2n) is 3.57. The van der Waals surface area contributed by atoms with E-state index in [1.165, 1.54) is 11.3 Å². The van der Waals surface area contributed by atoms with Crippen molar-refractivity contribution >= 4 is 17.3 Å². The predicted molar refractivity (Wildman–Crippen MR) is 65.3 cm³/mol. The van der Waals surface area contributed by atoms with Gasteiger partial charge in [0.05, 0.1) is 5.56 Å². The Labute approximate surface area is 103 Å². The average molecular weight is 251 g/mol. The number of aromatic amines is 1. The SMILES string of the molecule is O=C(O)c1csc(CNCCc2ncc[nH]2)c1. The highest BCUT2D eigenvalue weighted by atomic mass is 32.1. The normalized spacial score (nSPS) is 10.6. The van der Waals surface area contributed by atoms with Gasteiger partial charge in [0.1, 0.15) is 5.82 Å². The topological polar surface area (TPSA) is 78.0 Å². The van der Waals surface area contributed by atoms with Gasteiger partial charge < -0.3 is 15.4 Å². The molecule has 6 heteroatoms. The standard InChI is InChI=1S/C11H13N3O2S/c15-11(16)8-5-9(17-7-8)6-12-2-1-10-13-3-4-14-10/h3-5,7,12H,1-2,6H2,(H,13,14)(H,15,16). The summed E-state index contributed by atoms with van der Waals surface area (Å²) in [4.78, 5) is 18.8. The lowest BCUT2D eigenvalue weighted by atomic mass is 10.3. The van der Waals surface area contributed by atoms with Gasteiger partial charge in [-0.3, -0.25) is 0 Å². The minimum atomic E-state index is -0.872. The van der Waals surface area contributed by atoms with E-state index in [-0.39, 0.29) is 0 Å². The molecule has 2 rings (SSSR count). The maximum absolute atomic E-state index is 10.7. The average Bonchev–Trinajstić information content (AvgIpc) is 2.96. The van der Waals surface area contributed by atoms with Crippen molar-refractivity contribution in [2.24, 2.45) is 0 Å². The number of hydrogen-bond donors (Lipinski definition) is 3. The van der Waals surface area contributed by atoms with Crippen LogP contribution in [-0.4, -0.2) is 27.6 Å². The Bertz CT molecular complexity index is 479. The van der Waals surface area contributed by atoms with E-state index in [0.29, 0.717) is 12.1 Å². The summed E-state index contributed by atoms with van der Waals surface area (Å²) in [6, 6.07) is 1.70. The zero-order chi connectivity index (χ0) is 12.1. The summed E-state index contributed by atoms with van der Waals surface area (Å²) in [5.41, 5.74) is 0.359.